The molecule has 0 saturated heterocycles. The lowest BCUT2D eigenvalue weighted by atomic mass is 9.87. The molecule has 0 bridgehead atoms. The van der Waals surface area contributed by atoms with Crippen molar-refractivity contribution >= 4 is 11.7 Å². The van der Waals surface area contributed by atoms with Crippen LogP contribution in [-0.2, 0) is 5.41 Å². The molecule has 0 heterocycles. The van der Waals surface area contributed by atoms with E-state index in [2.05, 4.69) is 36.2 Å². The second kappa shape index (κ2) is 3.63. The first kappa shape index (κ1) is 10.7. The van der Waals surface area contributed by atoms with Gasteiger partial charge in [0.05, 0.1) is 5.71 Å². The van der Waals surface area contributed by atoms with E-state index in [-0.39, 0.29) is 11.4 Å². The van der Waals surface area contributed by atoms with E-state index in [0.29, 0.717) is 0 Å². The third-order valence-corrected chi connectivity index (χ3v) is 2.86. The number of hydrogen-bond acceptors (Lipinski definition) is 2. The molecule has 4 heteroatoms. The molecule has 16 heavy (non-hydrogen) atoms. The number of guanidine groups is 1. The van der Waals surface area contributed by atoms with Crippen molar-refractivity contribution < 1.29 is 0 Å². The summed E-state index contributed by atoms with van der Waals surface area (Å²) in [5.74, 6) is -0.00492. The van der Waals surface area contributed by atoms with Crippen LogP contribution < -0.4 is 11.5 Å². The molecule has 1 aliphatic rings. The second-order valence-electron chi connectivity index (χ2n) is 4.68. The van der Waals surface area contributed by atoms with E-state index in [9.17, 15) is 0 Å². The third-order valence-electron chi connectivity index (χ3n) is 2.86. The summed E-state index contributed by atoms with van der Waals surface area (Å²) >= 11 is 0. The van der Waals surface area contributed by atoms with Crippen LogP contribution in [0.5, 0.6) is 0 Å². The highest BCUT2D eigenvalue weighted by molar-refractivity contribution is 6.06. The minimum atomic E-state index is -0.00492. The number of fused-ring (bicyclic) bond motifs is 1. The Morgan fingerprint density at radius 2 is 1.94 bits per heavy atom. The van der Waals surface area contributed by atoms with Crippen LogP contribution in [0.2, 0.25) is 0 Å². The van der Waals surface area contributed by atoms with Gasteiger partial charge in [0.15, 0.2) is 0 Å². The molecular weight excluding hydrogens is 200 g/mol. The van der Waals surface area contributed by atoms with E-state index in [4.69, 9.17) is 11.5 Å². The Bertz CT molecular complexity index is 468. The van der Waals surface area contributed by atoms with Crippen LogP contribution in [0.3, 0.4) is 0 Å². The molecule has 0 amide bonds. The molecule has 4 nitrogen and oxygen atoms in total. The van der Waals surface area contributed by atoms with Crippen LogP contribution in [0, 0.1) is 0 Å². The third kappa shape index (κ3) is 1.78. The average molecular weight is 216 g/mol. The maximum Gasteiger partial charge on any atom is 0.211 e. The molecule has 1 aliphatic carbocycles. The zero-order valence-corrected chi connectivity index (χ0v) is 9.57. The number of hydrogen-bond donors (Lipinski definition) is 2. The van der Waals surface area contributed by atoms with Gasteiger partial charge in [0, 0.05) is 12.0 Å². The van der Waals surface area contributed by atoms with E-state index in [1.165, 1.54) is 5.56 Å². The minimum absolute atomic E-state index is 0.00492. The largest absolute Gasteiger partial charge is 0.369 e. The van der Waals surface area contributed by atoms with Gasteiger partial charge in [-0.25, -0.2) is 0 Å². The molecule has 0 aromatic heterocycles. The van der Waals surface area contributed by atoms with Crippen molar-refractivity contribution in [1.82, 2.24) is 0 Å². The van der Waals surface area contributed by atoms with Gasteiger partial charge in [-0.05, 0) is 11.0 Å². The molecule has 0 fully saturated rings. The Labute approximate surface area is 95.1 Å². The Morgan fingerprint density at radius 3 is 2.62 bits per heavy atom. The summed E-state index contributed by atoms with van der Waals surface area (Å²) in [6.45, 7) is 4.40. The zero-order valence-electron chi connectivity index (χ0n) is 9.57. The van der Waals surface area contributed by atoms with Gasteiger partial charge >= 0.3 is 0 Å². The molecule has 0 radical (unpaired) electrons. The zero-order chi connectivity index (χ0) is 11.8. The Balaban J connectivity index is 2.49. The molecule has 0 saturated carbocycles. The fourth-order valence-electron chi connectivity index (χ4n) is 2.14. The molecule has 2 rings (SSSR count). The van der Waals surface area contributed by atoms with Crippen molar-refractivity contribution in [3.05, 3.63) is 35.4 Å². The molecule has 4 N–H and O–H groups in total. The minimum Gasteiger partial charge on any atom is -0.369 e. The van der Waals surface area contributed by atoms with Crippen molar-refractivity contribution in [3.63, 3.8) is 0 Å². The molecule has 1 aromatic carbocycles. The molecular formula is C12H16N4. The van der Waals surface area contributed by atoms with Crippen LogP contribution in [0.1, 0.15) is 31.4 Å². The van der Waals surface area contributed by atoms with Crippen LogP contribution in [0.4, 0.5) is 0 Å². The summed E-state index contributed by atoms with van der Waals surface area (Å²) in [5.41, 5.74) is 14.1. The molecule has 0 spiro atoms. The second-order valence-corrected chi connectivity index (χ2v) is 4.68. The van der Waals surface area contributed by atoms with Crippen molar-refractivity contribution in [3.8, 4) is 0 Å². The quantitative estimate of drug-likeness (QED) is 0.422. The highest BCUT2D eigenvalue weighted by atomic mass is 15.3. The van der Waals surface area contributed by atoms with Gasteiger partial charge in [-0.2, -0.15) is 5.10 Å². The summed E-state index contributed by atoms with van der Waals surface area (Å²) in [4.78, 5) is 0. The van der Waals surface area contributed by atoms with Gasteiger partial charge in [0.2, 0.25) is 5.96 Å². The molecule has 1 aromatic rings. The summed E-state index contributed by atoms with van der Waals surface area (Å²) in [5, 5.41) is 7.85. The van der Waals surface area contributed by atoms with E-state index >= 15 is 0 Å². The number of nitrogens with two attached hydrogens (primary N) is 2. The van der Waals surface area contributed by atoms with Crippen LogP contribution in [0.15, 0.2) is 34.5 Å². The highest BCUT2D eigenvalue weighted by Gasteiger charge is 2.33. The van der Waals surface area contributed by atoms with Crippen LogP contribution in [0.25, 0.3) is 0 Å². The van der Waals surface area contributed by atoms with E-state index in [1.54, 1.807) is 0 Å². The first-order valence-corrected chi connectivity index (χ1v) is 5.26. The molecule has 0 aliphatic heterocycles. The SMILES string of the molecule is CC1(C)C/C(=N\N=C(N)N)c2ccccc21. The maximum atomic E-state index is 5.28. The maximum absolute atomic E-state index is 5.28. The lowest BCUT2D eigenvalue weighted by Gasteiger charge is -2.17. The number of nitrogens with zero attached hydrogens (tertiary/aromatic N) is 2. The smallest absolute Gasteiger partial charge is 0.211 e. The number of rotatable bonds is 1. The number of benzene rings is 1. The highest BCUT2D eigenvalue weighted by Crippen LogP contribution is 2.38. The summed E-state index contributed by atoms with van der Waals surface area (Å²) in [7, 11) is 0. The van der Waals surface area contributed by atoms with Crippen LogP contribution in [-0.4, -0.2) is 11.7 Å². The van der Waals surface area contributed by atoms with Crippen LogP contribution >= 0.6 is 0 Å². The first-order valence-electron chi connectivity index (χ1n) is 5.26. The monoisotopic (exact) mass is 216 g/mol. The predicted octanol–water partition coefficient (Wildman–Crippen LogP) is 1.35. The standard InChI is InChI=1S/C12H16N4/c1-12(2)7-10(15-16-11(13)14)8-5-3-4-6-9(8)12/h3-6H,7H2,1-2H3,(H4,13,14,16)/b15-10+. The van der Waals surface area contributed by atoms with Gasteiger partial charge < -0.3 is 11.5 Å². The Kier molecular flexibility index (Phi) is 2.42. The van der Waals surface area contributed by atoms with Crippen molar-refractivity contribution in [2.75, 3.05) is 0 Å². The Hall–Kier alpha value is -1.84. The lowest BCUT2D eigenvalue weighted by Crippen LogP contribution is -2.22. The fraction of sp³-hybridized carbons (Fsp3) is 0.333. The van der Waals surface area contributed by atoms with Gasteiger partial charge in [-0.3, -0.25) is 0 Å². The van der Waals surface area contributed by atoms with E-state index in [0.717, 1.165) is 17.7 Å². The first-order chi connectivity index (χ1) is 7.50. The lowest BCUT2D eigenvalue weighted by molar-refractivity contribution is 0.567. The van der Waals surface area contributed by atoms with Crippen molar-refractivity contribution in [1.29, 1.82) is 0 Å². The van der Waals surface area contributed by atoms with Crippen molar-refractivity contribution in [2.45, 2.75) is 25.7 Å². The average Bonchev–Trinajstić information content (AvgIpc) is 2.49. The summed E-state index contributed by atoms with van der Waals surface area (Å²) in [6.07, 6.45) is 0.864. The van der Waals surface area contributed by atoms with E-state index < -0.39 is 0 Å². The molecule has 0 unspecified atom stereocenters. The topological polar surface area (TPSA) is 76.8 Å². The van der Waals surface area contributed by atoms with Gasteiger partial charge in [0.25, 0.3) is 0 Å². The fourth-order valence-corrected chi connectivity index (χ4v) is 2.14. The Morgan fingerprint density at radius 1 is 1.25 bits per heavy atom. The van der Waals surface area contributed by atoms with Gasteiger partial charge in [0.1, 0.15) is 0 Å². The predicted molar refractivity (Wildman–Crippen MR) is 66.4 cm³/mol. The van der Waals surface area contributed by atoms with Gasteiger partial charge in [-0.1, -0.05) is 38.1 Å². The molecule has 84 valence electrons. The molecule has 0 atom stereocenters. The van der Waals surface area contributed by atoms with E-state index in [1.807, 2.05) is 12.1 Å². The summed E-state index contributed by atoms with van der Waals surface area (Å²) < 4.78 is 0. The summed E-state index contributed by atoms with van der Waals surface area (Å²) in [6, 6.07) is 8.24. The van der Waals surface area contributed by atoms with Gasteiger partial charge in [-0.15, -0.1) is 5.10 Å². The normalized spacial score (nSPS) is 19.5. The van der Waals surface area contributed by atoms with Crippen molar-refractivity contribution in [2.24, 2.45) is 21.7 Å².